The smallest absolute Gasteiger partial charge is 0.229 e. The number of benzene rings is 1. The number of rotatable bonds is 12. The number of halogens is 1. The van der Waals surface area contributed by atoms with Gasteiger partial charge in [-0.1, -0.05) is 26.7 Å². The summed E-state index contributed by atoms with van der Waals surface area (Å²) in [5, 5.41) is 3.00. The monoisotopic (exact) mass is 506 g/mol. The third kappa shape index (κ3) is 5.65. The van der Waals surface area contributed by atoms with Crippen LogP contribution in [-0.4, -0.2) is 58.8 Å². The van der Waals surface area contributed by atoms with E-state index >= 15 is 4.39 Å². The van der Waals surface area contributed by atoms with Crippen molar-refractivity contribution >= 4 is 11.6 Å². The lowest BCUT2D eigenvalue weighted by Gasteiger charge is -2.51. The minimum absolute atomic E-state index is 0.0290. The van der Waals surface area contributed by atoms with Crippen LogP contribution in [0, 0.1) is 17.2 Å². The number of anilines is 1. The number of β-lactam (4-membered cyclic amide) rings is 1. The summed E-state index contributed by atoms with van der Waals surface area (Å²) in [6.45, 7) is 8.31. The number of carbonyl (C=O) groups excluding carboxylic acids is 1. The van der Waals surface area contributed by atoms with Crippen molar-refractivity contribution in [2.45, 2.75) is 77.5 Å². The van der Waals surface area contributed by atoms with Gasteiger partial charge in [0.25, 0.3) is 0 Å². The van der Waals surface area contributed by atoms with Gasteiger partial charge in [0.1, 0.15) is 11.6 Å². The number of piperidine rings is 1. The van der Waals surface area contributed by atoms with E-state index in [1.807, 2.05) is 0 Å². The van der Waals surface area contributed by atoms with Crippen LogP contribution in [0.1, 0.15) is 76.8 Å². The van der Waals surface area contributed by atoms with E-state index < -0.39 is 5.41 Å². The van der Waals surface area contributed by atoms with Crippen molar-refractivity contribution < 1.29 is 28.1 Å². The molecule has 0 radical (unpaired) electrons. The molecule has 4 rings (SSSR count). The lowest BCUT2D eigenvalue weighted by molar-refractivity contribution is -0.177. The number of methoxy groups -OCH3 is 1. The Balaban J connectivity index is 1.44. The zero-order valence-corrected chi connectivity index (χ0v) is 22.2. The molecular formula is C28H43FN2O5. The normalized spacial score (nSPS) is 22.1. The molecule has 0 aromatic heterocycles. The maximum absolute atomic E-state index is 15.5. The van der Waals surface area contributed by atoms with Crippen LogP contribution in [0.4, 0.5) is 10.1 Å². The van der Waals surface area contributed by atoms with E-state index in [0.29, 0.717) is 62.2 Å². The number of amides is 1. The van der Waals surface area contributed by atoms with Gasteiger partial charge in [0, 0.05) is 57.1 Å². The van der Waals surface area contributed by atoms with Crippen molar-refractivity contribution in [3.05, 3.63) is 23.5 Å². The Morgan fingerprint density at radius 3 is 2.31 bits per heavy atom. The molecule has 3 aliphatic rings. The molecule has 0 bridgehead atoms. The van der Waals surface area contributed by atoms with Crippen molar-refractivity contribution in [1.82, 2.24) is 5.32 Å². The lowest BCUT2D eigenvalue weighted by Crippen LogP contribution is -2.63. The van der Waals surface area contributed by atoms with E-state index in [9.17, 15) is 4.79 Å². The highest BCUT2D eigenvalue weighted by molar-refractivity contribution is 5.91. The van der Waals surface area contributed by atoms with Gasteiger partial charge in [-0.15, -0.1) is 0 Å². The third-order valence-corrected chi connectivity index (χ3v) is 8.10. The van der Waals surface area contributed by atoms with Gasteiger partial charge in [-0.2, -0.15) is 0 Å². The first-order chi connectivity index (χ1) is 17.5. The number of nitrogens with zero attached hydrogens (tertiary/aromatic N) is 1. The number of hydrogen-bond acceptors (Lipinski definition) is 6. The van der Waals surface area contributed by atoms with E-state index in [2.05, 4.69) is 24.1 Å². The molecule has 1 N–H and O–H groups in total. The highest BCUT2D eigenvalue weighted by atomic mass is 19.1. The highest BCUT2D eigenvalue weighted by Crippen LogP contribution is 2.52. The summed E-state index contributed by atoms with van der Waals surface area (Å²) in [5.74, 6) is 0.676. The molecule has 1 aromatic rings. The average molecular weight is 507 g/mol. The van der Waals surface area contributed by atoms with E-state index in [-0.39, 0.29) is 24.1 Å². The molecule has 3 heterocycles. The Bertz CT molecular complexity index is 858. The number of ether oxygens (including phenoxy) is 4. The minimum Gasteiger partial charge on any atom is -0.496 e. The molecule has 8 heteroatoms. The van der Waals surface area contributed by atoms with Crippen LogP contribution < -0.4 is 15.0 Å². The third-order valence-electron chi connectivity index (χ3n) is 8.10. The van der Waals surface area contributed by atoms with Gasteiger partial charge in [-0.3, -0.25) is 4.79 Å². The second-order valence-electron chi connectivity index (χ2n) is 10.4. The molecule has 1 atom stereocenters. The van der Waals surface area contributed by atoms with E-state index in [1.165, 1.54) is 0 Å². The summed E-state index contributed by atoms with van der Waals surface area (Å²) >= 11 is 0. The molecule has 1 aromatic carbocycles. The summed E-state index contributed by atoms with van der Waals surface area (Å²) in [6, 6.07) is 3.11. The van der Waals surface area contributed by atoms with Gasteiger partial charge in [0.15, 0.2) is 6.29 Å². The minimum atomic E-state index is -0.525. The molecule has 3 aliphatic heterocycles. The Morgan fingerprint density at radius 1 is 1.11 bits per heavy atom. The van der Waals surface area contributed by atoms with Gasteiger partial charge >= 0.3 is 0 Å². The van der Waals surface area contributed by atoms with Crippen LogP contribution in [0.3, 0.4) is 0 Å². The molecule has 0 aliphatic carbocycles. The standard InChI is InChI=1S/C28H43FN2O5/c1-4-6-14-35-26(36-15-7-5-2)20-8-12-31(13-9-20)23-19-24(33-3)21(18-22(23)29)25-28(27(32)30-25)10-16-34-17-11-28/h18-20,25-26H,4-17H2,1-3H3,(H,30,32)/t25-/m0/s1. The van der Waals surface area contributed by atoms with Gasteiger partial charge < -0.3 is 29.2 Å². The van der Waals surface area contributed by atoms with Gasteiger partial charge in [0.05, 0.1) is 24.3 Å². The predicted octanol–water partition coefficient (Wildman–Crippen LogP) is 4.98. The van der Waals surface area contributed by atoms with Crippen LogP contribution in [0.5, 0.6) is 5.75 Å². The second-order valence-corrected chi connectivity index (χ2v) is 10.4. The van der Waals surface area contributed by atoms with Crippen molar-refractivity contribution in [2.24, 2.45) is 11.3 Å². The molecule has 1 amide bonds. The Morgan fingerprint density at radius 2 is 1.75 bits per heavy atom. The zero-order valence-electron chi connectivity index (χ0n) is 22.2. The van der Waals surface area contributed by atoms with Crippen LogP contribution in [0.15, 0.2) is 12.1 Å². The first kappa shape index (κ1) is 27.1. The van der Waals surface area contributed by atoms with Gasteiger partial charge in [0.2, 0.25) is 5.91 Å². The first-order valence-corrected chi connectivity index (χ1v) is 13.8. The Kier molecular flexibility index (Phi) is 9.47. The second kappa shape index (κ2) is 12.6. The summed E-state index contributed by atoms with van der Waals surface area (Å²) < 4.78 is 38.9. The zero-order chi connectivity index (χ0) is 25.5. The first-order valence-electron chi connectivity index (χ1n) is 13.8. The van der Waals surface area contributed by atoms with Crippen molar-refractivity contribution in [3.8, 4) is 5.75 Å². The number of carbonyl (C=O) groups is 1. The largest absolute Gasteiger partial charge is 0.496 e. The highest BCUT2D eigenvalue weighted by Gasteiger charge is 2.56. The fourth-order valence-corrected chi connectivity index (χ4v) is 5.72. The molecule has 0 saturated carbocycles. The average Bonchev–Trinajstić information content (AvgIpc) is 2.91. The summed E-state index contributed by atoms with van der Waals surface area (Å²) in [5.41, 5.74) is 0.738. The molecule has 202 valence electrons. The summed E-state index contributed by atoms with van der Waals surface area (Å²) in [6.07, 6.45) is 7.11. The summed E-state index contributed by atoms with van der Waals surface area (Å²) in [4.78, 5) is 14.6. The maximum Gasteiger partial charge on any atom is 0.229 e. The predicted molar refractivity (Wildman–Crippen MR) is 137 cm³/mol. The number of nitrogens with one attached hydrogen (secondary N) is 1. The Hall–Kier alpha value is -1.90. The van der Waals surface area contributed by atoms with Crippen LogP contribution in [0.25, 0.3) is 0 Å². The Labute approximate surface area is 215 Å². The molecule has 3 fully saturated rings. The molecule has 3 saturated heterocycles. The van der Waals surface area contributed by atoms with Crippen LogP contribution in [0.2, 0.25) is 0 Å². The van der Waals surface area contributed by atoms with Crippen LogP contribution in [-0.2, 0) is 19.0 Å². The fourth-order valence-electron chi connectivity index (χ4n) is 5.72. The molecule has 7 nitrogen and oxygen atoms in total. The molecule has 36 heavy (non-hydrogen) atoms. The van der Waals surface area contributed by atoms with Crippen LogP contribution >= 0.6 is 0 Å². The van der Waals surface area contributed by atoms with Gasteiger partial charge in [-0.25, -0.2) is 4.39 Å². The number of hydrogen-bond donors (Lipinski definition) is 1. The van der Waals surface area contributed by atoms with E-state index in [1.54, 1.807) is 19.2 Å². The van der Waals surface area contributed by atoms with Crippen molar-refractivity contribution in [2.75, 3.05) is 51.5 Å². The van der Waals surface area contributed by atoms with E-state index in [4.69, 9.17) is 18.9 Å². The lowest BCUT2D eigenvalue weighted by atomic mass is 9.65. The summed E-state index contributed by atoms with van der Waals surface area (Å²) in [7, 11) is 1.61. The van der Waals surface area contributed by atoms with E-state index in [0.717, 1.165) is 51.6 Å². The quantitative estimate of drug-likeness (QED) is 0.245. The molecule has 0 unspecified atom stereocenters. The fraction of sp³-hybridized carbons (Fsp3) is 0.750. The molecule has 1 spiro atoms. The number of unbranched alkanes of at least 4 members (excludes halogenated alkanes) is 2. The van der Waals surface area contributed by atoms with Gasteiger partial charge in [-0.05, 0) is 44.6 Å². The van der Waals surface area contributed by atoms with Crippen molar-refractivity contribution in [1.29, 1.82) is 0 Å². The topological polar surface area (TPSA) is 69.3 Å². The SMILES string of the molecule is CCCCOC(OCCCC)C1CCN(c2cc(OC)c([C@@H]3NC(=O)C34CCOCC4)cc2F)CC1. The van der Waals surface area contributed by atoms with Crippen molar-refractivity contribution in [3.63, 3.8) is 0 Å². The molecular weight excluding hydrogens is 463 g/mol. The maximum atomic E-state index is 15.5.